The lowest BCUT2D eigenvalue weighted by molar-refractivity contribution is -0.132. The third-order valence-corrected chi connectivity index (χ3v) is 8.67. The van der Waals surface area contributed by atoms with Gasteiger partial charge in [0.1, 0.15) is 35.4 Å². The highest BCUT2D eigenvalue weighted by Crippen LogP contribution is 2.31. The van der Waals surface area contributed by atoms with Crippen molar-refractivity contribution in [2.75, 3.05) is 13.1 Å². The van der Waals surface area contributed by atoms with Crippen molar-refractivity contribution in [2.24, 2.45) is 0 Å². The number of hydroxylamine groups is 4. The quantitative estimate of drug-likeness (QED) is 0.0806. The van der Waals surface area contributed by atoms with Gasteiger partial charge in [0.15, 0.2) is 0 Å². The van der Waals surface area contributed by atoms with Crippen LogP contribution >= 0.6 is 0 Å². The van der Waals surface area contributed by atoms with Crippen molar-refractivity contribution in [3.63, 3.8) is 0 Å². The second-order valence-electron chi connectivity index (χ2n) is 15.2. The number of rotatable bonds is 8. The minimum Gasteiger partial charge on any atom is -0.444 e. The third kappa shape index (κ3) is 12.7. The number of fused-ring (bicyclic) bond motifs is 4. The zero-order chi connectivity index (χ0) is 42.5. The maximum Gasteiger partial charge on any atom is 0.418 e. The molecule has 316 valence electrons. The van der Waals surface area contributed by atoms with Gasteiger partial charge in [-0.05, 0) is 81.1 Å². The Morgan fingerprint density at radius 3 is 1.48 bits per heavy atom. The topological polar surface area (TPSA) is 324 Å². The predicted molar refractivity (Wildman–Crippen MR) is 186 cm³/mol. The van der Waals surface area contributed by atoms with Gasteiger partial charge in [0.25, 0.3) is 23.6 Å². The van der Waals surface area contributed by atoms with Crippen LogP contribution in [0.1, 0.15) is 81.1 Å². The van der Waals surface area contributed by atoms with Gasteiger partial charge in [-0.1, -0.05) is 0 Å². The van der Waals surface area contributed by atoms with Gasteiger partial charge in [-0.2, -0.15) is 13.5 Å². The number of ether oxygens (including phenoxy) is 2. The summed E-state index contributed by atoms with van der Waals surface area (Å²) in [5.41, 5.74) is 7.32. The Morgan fingerprint density at radius 1 is 0.679 bits per heavy atom. The number of urea groups is 2. The first-order valence-corrected chi connectivity index (χ1v) is 18.8. The Labute approximate surface area is 322 Å². The molecule has 0 aromatic carbocycles. The smallest absolute Gasteiger partial charge is 0.418 e. The molecule has 4 aliphatic heterocycles. The molecule has 0 aromatic rings. The summed E-state index contributed by atoms with van der Waals surface area (Å²) in [7, 11) is -4.89. The molecule has 0 aromatic heterocycles. The lowest BCUT2D eigenvalue weighted by atomic mass is 10.0. The van der Waals surface area contributed by atoms with Crippen LogP contribution in [0.2, 0.25) is 0 Å². The highest BCUT2D eigenvalue weighted by molar-refractivity contribution is 7.80. The molecular formula is C30H50N10O15S. The molecule has 4 aliphatic rings. The molecule has 26 heteroatoms. The second-order valence-corrected chi connectivity index (χ2v) is 16.2. The van der Waals surface area contributed by atoms with E-state index in [9.17, 15) is 52.0 Å². The molecule has 0 spiro atoms. The summed E-state index contributed by atoms with van der Waals surface area (Å²) in [4.78, 5) is 98.5. The monoisotopic (exact) mass is 822 g/mol. The van der Waals surface area contributed by atoms with Gasteiger partial charge in [-0.25, -0.2) is 24.2 Å². The van der Waals surface area contributed by atoms with Gasteiger partial charge in [-0.15, -0.1) is 4.28 Å². The summed E-state index contributed by atoms with van der Waals surface area (Å²) in [5, 5.41) is 15.4. The minimum absolute atomic E-state index is 0.0109. The SMILES string of the molecule is C[C@@H](NC(=O)OC(C)(C)C)C(=O)NNC(=O)[C@@H]1CC[C@@H]2CN1C(=O)N2O.C[C@@H](NC(=O)OC(C)(C)C)C(=O)NNC(=O)[C@@H]1CC[C@@H]2CN1C(=O)N2OS(=O)(=O)O. The van der Waals surface area contributed by atoms with E-state index in [1.54, 1.807) is 41.5 Å². The largest absolute Gasteiger partial charge is 0.444 e. The van der Waals surface area contributed by atoms with Gasteiger partial charge in [0, 0.05) is 13.1 Å². The molecule has 0 unspecified atom stereocenters. The number of carbonyl (C=O) groups is 8. The fourth-order valence-corrected chi connectivity index (χ4v) is 6.14. The van der Waals surface area contributed by atoms with E-state index in [1.807, 2.05) is 0 Å². The average molecular weight is 823 g/mol. The maximum atomic E-state index is 12.4. The van der Waals surface area contributed by atoms with Crippen LogP contribution < -0.4 is 32.3 Å². The first-order valence-electron chi connectivity index (χ1n) is 17.4. The van der Waals surface area contributed by atoms with Crippen molar-refractivity contribution < 1.29 is 70.3 Å². The first kappa shape index (κ1) is 45.2. The molecular weight excluding hydrogens is 772 g/mol. The highest BCUT2D eigenvalue weighted by atomic mass is 32.3. The number of nitrogens with zero attached hydrogens (tertiary/aromatic N) is 4. The van der Waals surface area contributed by atoms with Crippen LogP contribution in [0.4, 0.5) is 19.2 Å². The lowest BCUT2D eigenvalue weighted by Crippen LogP contribution is -2.57. The fraction of sp³-hybridized carbons (Fsp3) is 0.733. The van der Waals surface area contributed by atoms with Crippen molar-refractivity contribution >= 4 is 58.3 Å². The van der Waals surface area contributed by atoms with Crippen LogP contribution in [0.5, 0.6) is 0 Å². The standard InChI is InChI=1S/C15H25N5O9S.C15H25N5O6/c1-8(16-13(23)28-15(2,3)4)11(21)17-18-12(22)10-6-5-9-7-19(10)14(24)20(9)29-30(25,26)27;1-8(16-13(23)26-15(2,3)4)11(21)17-18-12(22)10-6-5-9-7-19(10)14(24)20(9)25/h8-10H,5-7H2,1-4H3,(H,16,23)(H,17,21)(H,18,22)(H,25,26,27);8-10,25H,5-7H2,1-4H3,(H,16,23)(H,17,21)(H,18,22)/t2*8-,9-,10+/m11/s1. The Balaban J connectivity index is 0.000000303. The minimum atomic E-state index is -4.89. The predicted octanol–water partition coefficient (Wildman–Crippen LogP) is -1.25. The van der Waals surface area contributed by atoms with Gasteiger partial charge in [0.05, 0.1) is 12.1 Å². The van der Waals surface area contributed by atoms with Crippen molar-refractivity contribution in [3.05, 3.63) is 0 Å². The van der Waals surface area contributed by atoms with Crippen LogP contribution in [-0.2, 0) is 43.3 Å². The molecule has 10 amide bonds. The van der Waals surface area contributed by atoms with Crippen LogP contribution in [0.3, 0.4) is 0 Å². The molecule has 8 N–H and O–H groups in total. The van der Waals surface area contributed by atoms with E-state index in [-0.39, 0.29) is 32.0 Å². The van der Waals surface area contributed by atoms with Crippen LogP contribution in [0, 0.1) is 0 Å². The molecule has 4 bridgehead atoms. The molecule has 25 nitrogen and oxygen atoms in total. The number of alkyl carbamates (subject to hydrolysis) is 2. The van der Waals surface area contributed by atoms with Crippen LogP contribution in [-0.4, -0.2) is 147 Å². The van der Waals surface area contributed by atoms with Crippen LogP contribution in [0.25, 0.3) is 0 Å². The van der Waals surface area contributed by atoms with E-state index in [4.69, 9.17) is 14.0 Å². The van der Waals surface area contributed by atoms with E-state index < -0.39 is 99.7 Å². The zero-order valence-corrected chi connectivity index (χ0v) is 32.9. The number of amides is 10. The van der Waals surface area contributed by atoms with Gasteiger partial charge < -0.3 is 29.9 Å². The number of hydrogen-bond donors (Lipinski definition) is 8. The zero-order valence-electron chi connectivity index (χ0n) is 32.1. The normalized spacial score (nSPS) is 22.8. The molecule has 4 saturated heterocycles. The average Bonchev–Trinajstić information content (AvgIpc) is 3.42. The van der Waals surface area contributed by atoms with E-state index in [1.165, 1.54) is 18.7 Å². The van der Waals surface area contributed by atoms with E-state index in [2.05, 4.69) is 36.6 Å². The van der Waals surface area contributed by atoms with Crippen molar-refractivity contribution in [1.29, 1.82) is 0 Å². The summed E-state index contributed by atoms with van der Waals surface area (Å²) in [5.74, 6) is -2.65. The molecule has 4 rings (SSSR count). The second kappa shape index (κ2) is 17.7. The van der Waals surface area contributed by atoms with E-state index >= 15 is 0 Å². The van der Waals surface area contributed by atoms with Crippen molar-refractivity contribution in [3.8, 4) is 0 Å². The molecule has 4 fully saturated rings. The summed E-state index contributed by atoms with van der Waals surface area (Å²) in [6, 6.07) is -6.20. The third-order valence-electron chi connectivity index (χ3n) is 8.32. The molecule has 6 atom stereocenters. The number of hydrogen-bond acceptors (Lipinski definition) is 14. The van der Waals surface area contributed by atoms with Gasteiger partial charge in [0.2, 0.25) is 0 Å². The highest BCUT2D eigenvalue weighted by Gasteiger charge is 2.50. The number of piperidine rings is 2. The molecule has 56 heavy (non-hydrogen) atoms. The number of hydrazine groups is 2. The van der Waals surface area contributed by atoms with Crippen molar-refractivity contribution in [1.82, 2.24) is 52.3 Å². The fourth-order valence-electron chi connectivity index (χ4n) is 5.76. The Hall–Kier alpha value is -5.21. The molecule has 0 radical (unpaired) electrons. The number of nitrogens with one attached hydrogen (secondary N) is 6. The summed E-state index contributed by atoms with van der Waals surface area (Å²) in [6.07, 6.45) is -0.287. The summed E-state index contributed by atoms with van der Waals surface area (Å²) in [6.45, 7) is 13.2. The Bertz CT molecular complexity index is 1670. The maximum absolute atomic E-state index is 12.4. The molecule has 0 aliphatic carbocycles. The van der Waals surface area contributed by atoms with Crippen LogP contribution in [0.15, 0.2) is 0 Å². The van der Waals surface area contributed by atoms with Gasteiger partial charge in [-0.3, -0.25) is 50.6 Å². The van der Waals surface area contributed by atoms with Gasteiger partial charge >= 0.3 is 34.6 Å². The Kier molecular flexibility index (Phi) is 14.3. The first-order chi connectivity index (χ1) is 25.7. The molecule has 0 saturated carbocycles. The molecule has 4 heterocycles. The summed E-state index contributed by atoms with van der Waals surface area (Å²) < 4.78 is 44.9. The van der Waals surface area contributed by atoms with E-state index in [0.717, 1.165) is 4.90 Å². The lowest BCUT2D eigenvalue weighted by Gasteiger charge is -2.29. The summed E-state index contributed by atoms with van der Waals surface area (Å²) >= 11 is 0. The van der Waals surface area contributed by atoms with Crippen molar-refractivity contribution in [2.45, 2.75) is 129 Å². The van der Waals surface area contributed by atoms with E-state index in [0.29, 0.717) is 23.0 Å². The number of carbonyl (C=O) groups excluding carboxylic acids is 8. The Morgan fingerprint density at radius 2 is 1.07 bits per heavy atom.